The van der Waals surface area contributed by atoms with Crippen molar-refractivity contribution in [3.63, 3.8) is 0 Å². The summed E-state index contributed by atoms with van der Waals surface area (Å²) in [6.07, 6.45) is 1.98. The van der Waals surface area contributed by atoms with E-state index in [4.69, 9.17) is 5.11 Å². The minimum atomic E-state index is -1.04. The second-order valence-corrected chi connectivity index (χ2v) is 5.42. The number of carbonyl (C=O) groups excluding carboxylic acids is 1. The molecule has 0 fully saturated rings. The molecule has 2 heterocycles. The van der Waals surface area contributed by atoms with E-state index in [0.29, 0.717) is 27.7 Å². The molecule has 0 bridgehead atoms. The molecular formula is C14H15N3O3S. The molecule has 21 heavy (non-hydrogen) atoms. The van der Waals surface area contributed by atoms with E-state index >= 15 is 0 Å². The smallest absolute Gasteiger partial charge is 0.326 e. The van der Waals surface area contributed by atoms with Gasteiger partial charge in [0.15, 0.2) is 0 Å². The molecule has 0 spiro atoms. The Morgan fingerprint density at radius 2 is 2.19 bits per heavy atom. The molecule has 0 aromatic carbocycles. The summed E-state index contributed by atoms with van der Waals surface area (Å²) in [6, 6.07) is 4.57. The summed E-state index contributed by atoms with van der Waals surface area (Å²) in [6.45, 7) is 3.43. The van der Waals surface area contributed by atoms with Crippen molar-refractivity contribution >= 4 is 23.2 Å². The van der Waals surface area contributed by atoms with Crippen molar-refractivity contribution in [1.29, 1.82) is 0 Å². The van der Waals surface area contributed by atoms with Crippen LogP contribution in [0, 0.1) is 6.92 Å². The van der Waals surface area contributed by atoms with Crippen LogP contribution in [0.5, 0.6) is 0 Å². The number of rotatable bonds is 5. The van der Waals surface area contributed by atoms with E-state index in [1.165, 1.54) is 11.3 Å². The lowest BCUT2D eigenvalue weighted by Gasteiger charge is -2.11. The van der Waals surface area contributed by atoms with Gasteiger partial charge in [0.1, 0.15) is 15.9 Å². The molecule has 0 aliphatic rings. The minimum absolute atomic E-state index is 0.325. The molecule has 0 saturated carbocycles. The molecule has 0 aliphatic heterocycles. The highest BCUT2D eigenvalue weighted by molar-refractivity contribution is 7.17. The number of pyridine rings is 1. The first kappa shape index (κ1) is 15.1. The summed E-state index contributed by atoms with van der Waals surface area (Å²) in [7, 11) is 0. The lowest BCUT2D eigenvalue weighted by Crippen LogP contribution is -2.40. The summed E-state index contributed by atoms with van der Waals surface area (Å²) >= 11 is 1.21. The summed E-state index contributed by atoms with van der Waals surface area (Å²) in [4.78, 5) is 32.1. The standard InChI is InChI=1S/C14H15N3O3S/c1-3-9(14(19)20)17-12(18)11-8(2)16-13(21-11)10-6-4-5-7-15-10/h4-7,9H,3H2,1-2H3,(H,17,18)(H,19,20). The van der Waals surface area contributed by atoms with Gasteiger partial charge in [-0.15, -0.1) is 11.3 Å². The average molecular weight is 305 g/mol. The maximum absolute atomic E-state index is 12.2. The number of carboxylic acids is 1. The van der Waals surface area contributed by atoms with E-state index in [9.17, 15) is 9.59 Å². The molecule has 6 nitrogen and oxygen atoms in total. The first-order valence-electron chi connectivity index (χ1n) is 6.45. The van der Waals surface area contributed by atoms with E-state index in [-0.39, 0.29) is 0 Å². The molecule has 1 amide bonds. The molecule has 2 aromatic rings. The molecule has 7 heteroatoms. The number of aromatic nitrogens is 2. The van der Waals surface area contributed by atoms with E-state index in [1.807, 2.05) is 12.1 Å². The van der Waals surface area contributed by atoms with Crippen LogP contribution in [0.1, 0.15) is 28.7 Å². The number of carbonyl (C=O) groups is 2. The molecular weight excluding hydrogens is 290 g/mol. The lowest BCUT2D eigenvalue weighted by molar-refractivity contribution is -0.139. The third-order valence-corrected chi connectivity index (χ3v) is 4.08. The Morgan fingerprint density at radius 1 is 1.43 bits per heavy atom. The molecule has 0 saturated heterocycles. The minimum Gasteiger partial charge on any atom is -0.480 e. The molecule has 110 valence electrons. The molecule has 2 rings (SSSR count). The van der Waals surface area contributed by atoms with Gasteiger partial charge in [-0.05, 0) is 25.5 Å². The quantitative estimate of drug-likeness (QED) is 0.882. The number of aliphatic carboxylic acids is 1. The van der Waals surface area contributed by atoms with Gasteiger partial charge in [-0.25, -0.2) is 9.78 Å². The van der Waals surface area contributed by atoms with Crippen molar-refractivity contribution in [2.45, 2.75) is 26.3 Å². The first-order valence-corrected chi connectivity index (χ1v) is 7.27. The van der Waals surface area contributed by atoms with Crippen LogP contribution in [0.2, 0.25) is 0 Å². The summed E-state index contributed by atoms with van der Waals surface area (Å²) in [5, 5.41) is 12.1. The first-order chi connectivity index (χ1) is 10.0. The number of nitrogens with zero attached hydrogens (tertiary/aromatic N) is 2. The van der Waals surface area contributed by atoms with Crippen LogP contribution >= 0.6 is 11.3 Å². The monoisotopic (exact) mass is 305 g/mol. The van der Waals surface area contributed by atoms with Crippen LogP contribution in [-0.2, 0) is 4.79 Å². The normalized spacial score (nSPS) is 11.9. The van der Waals surface area contributed by atoms with E-state index in [0.717, 1.165) is 0 Å². The van der Waals surface area contributed by atoms with Gasteiger partial charge in [-0.2, -0.15) is 0 Å². The van der Waals surface area contributed by atoms with Crippen LogP contribution in [-0.4, -0.2) is 33.0 Å². The van der Waals surface area contributed by atoms with Gasteiger partial charge in [0.2, 0.25) is 0 Å². The van der Waals surface area contributed by atoms with Crippen LogP contribution in [0.15, 0.2) is 24.4 Å². The number of aryl methyl sites for hydroxylation is 1. The predicted molar refractivity (Wildman–Crippen MR) is 79.3 cm³/mol. The van der Waals surface area contributed by atoms with E-state index in [1.54, 1.807) is 26.1 Å². The van der Waals surface area contributed by atoms with Crippen LogP contribution in [0.4, 0.5) is 0 Å². The van der Waals surface area contributed by atoms with Gasteiger partial charge in [-0.3, -0.25) is 9.78 Å². The Morgan fingerprint density at radius 3 is 2.76 bits per heavy atom. The van der Waals surface area contributed by atoms with Gasteiger partial charge in [-0.1, -0.05) is 13.0 Å². The Bertz CT molecular complexity index is 655. The fraction of sp³-hybridized carbons (Fsp3) is 0.286. The number of thiazole rings is 1. The van der Waals surface area contributed by atoms with Crippen molar-refractivity contribution in [3.05, 3.63) is 35.0 Å². The van der Waals surface area contributed by atoms with E-state index < -0.39 is 17.9 Å². The van der Waals surface area contributed by atoms with Gasteiger partial charge in [0.05, 0.1) is 11.4 Å². The second-order valence-electron chi connectivity index (χ2n) is 4.42. The molecule has 1 unspecified atom stereocenters. The van der Waals surface area contributed by atoms with E-state index in [2.05, 4.69) is 15.3 Å². The Labute approximate surface area is 125 Å². The molecule has 0 aliphatic carbocycles. The zero-order chi connectivity index (χ0) is 15.4. The third kappa shape index (κ3) is 3.43. The maximum Gasteiger partial charge on any atom is 0.326 e. The summed E-state index contributed by atoms with van der Waals surface area (Å²) in [5.74, 6) is -1.46. The number of carboxylic acid groups (broad SMARTS) is 1. The average Bonchev–Trinajstić information content (AvgIpc) is 2.87. The van der Waals surface area contributed by atoms with Crippen molar-refractivity contribution in [1.82, 2.24) is 15.3 Å². The number of hydrogen-bond donors (Lipinski definition) is 2. The van der Waals surface area contributed by atoms with Crippen LogP contribution in [0.3, 0.4) is 0 Å². The highest BCUT2D eigenvalue weighted by atomic mass is 32.1. The fourth-order valence-electron chi connectivity index (χ4n) is 1.77. The number of hydrogen-bond acceptors (Lipinski definition) is 5. The van der Waals surface area contributed by atoms with Crippen molar-refractivity contribution in [2.24, 2.45) is 0 Å². The maximum atomic E-state index is 12.2. The van der Waals surface area contributed by atoms with Crippen molar-refractivity contribution in [2.75, 3.05) is 0 Å². The van der Waals surface area contributed by atoms with Crippen molar-refractivity contribution in [3.8, 4) is 10.7 Å². The highest BCUT2D eigenvalue weighted by Crippen LogP contribution is 2.26. The Kier molecular flexibility index (Phi) is 4.64. The van der Waals surface area contributed by atoms with Crippen LogP contribution in [0.25, 0.3) is 10.7 Å². The van der Waals surface area contributed by atoms with Gasteiger partial charge < -0.3 is 10.4 Å². The molecule has 0 radical (unpaired) electrons. The largest absolute Gasteiger partial charge is 0.480 e. The van der Waals surface area contributed by atoms with Crippen LogP contribution < -0.4 is 5.32 Å². The van der Waals surface area contributed by atoms with Gasteiger partial charge in [0.25, 0.3) is 5.91 Å². The molecule has 2 aromatic heterocycles. The Balaban J connectivity index is 2.23. The second kappa shape index (κ2) is 6.45. The summed E-state index contributed by atoms with van der Waals surface area (Å²) in [5.41, 5.74) is 1.26. The fourth-order valence-corrected chi connectivity index (χ4v) is 2.71. The Hall–Kier alpha value is -2.28. The predicted octanol–water partition coefficient (Wildman–Crippen LogP) is 2.11. The zero-order valence-corrected chi connectivity index (χ0v) is 12.5. The lowest BCUT2D eigenvalue weighted by atomic mass is 10.2. The zero-order valence-electron chi connectivity index (χ0n) is 11.7. The van der Waals surface area contributed by atoms with Gasteiger partial charge in [0, 0.05) is 6.20 Å². The summed E-state index contributed by atoms with van der Waals surface area (Å²) < 4.78 is 0. The van der Waals surface area contributed by atoms with Crippen molar-refractivity contribution < 1.29 is 14.7 Å². The topological polar surface area (TPSA) is 92.2 Å². The molecule has 1 atom stereocenters. The highest BCUT2D eigenvalue weighted by Gasteiger charge is 2.22. The number of amides is 1. The molecule has 2 N–H and O–H groups in total. The third-order valence-electron chi connectivity index (χ3n) is 2.90. The van der Waals surface area contributed by atoms with Gasteiger partial charge >= 0.3 is 5.97 Å². The number of nitrogens with one attached hydrogen (secondary N) is 1. The SMILES string of the molecule is CCC(NC(=O)c1sc(-c2ccccn2)nc1C)C(=O)O.